The van der Waals surface area contributed by atoms with Crippen molar-refractivity contribution in [1.82, 2.24) is 0 Å². The molecule has 0 radical (unpaired) electrons. The summed E-state index contributed by atoms with van der Waals surface area (Å²) < 4.78 is 0. The molecule has 5 atom stereocenters. The average molecular weight is 214 g/mol. The quantitative estimate of drug-likeness (QED) is 0.600. The van der Waals surface area contributed by atoms with Crippen molar-refractivity contribution in [2.24, 2.45) is 11.8 Å². The Morgan fingerprint density at radius 1 is 1.33 bits per heavy atom. The second-order valence-corrected chi connectivity index (χ2v) is 4.45. The van der Waals surface area contributed by atoms with Gasteiger partial charge in [0.25, 0.3) is 0 Å². The molecule has 0 heterocycles. The van der Waals surface area contributed by atoms with Crippen molar-refractivity contribution in [3.63, 3.8) is 0 Å². The maximum Gasteiger partial charge on any atom is 0.0630 e. The van der Waals surface area contributed by atoms with Gasteiger partial charge in [-0.25, -0.2) is 0 Å². The van der Waals surface area contributed by atoms with E-state index in [-0.39, 0.29) is 11.8 Å². The van der Waals surface area contributed by atoms with Gasteiger partial charge in [0.1, 0.15) is 0 Å². The molecule has 0 aliphatic heterocycles. The Balaban J connectivity index is 2.67. The van der Waals surface area contributed by atoms with Gasteiger partial charge in [0.15, 0.2) is 0 Å². The van der Waals surface area contributed by atoms with Crippen molar-refractivity contribution >= 4 is 0 Å². The summed E-state index contributed by atoms with van der Waals surface area (Å²) in [5, 5.41) is 29.5. The predicted molar refractivity (Wildman–Crippen MR) is 59.3 cm³/mol. The van der Waals surface area contributed by atoms with E-state index in [1.165, 1.54) is 0 Å². The monoisotopic (exact) mass is 214 g/mol. The highest BCUT2D eigenvalue weighted by atomic mass is 16.3. The number of aliphatic hydroxyl groups excluding tert-OH is 3. The molecule has 1 unspecified atom stereocenters. The van der Waals surface area contributed by atoms with Crippen molar-refractivity contribution in [3.05, 3.63) is 12.7 Å². The first-order valence-corrected chi connectivity index (χ1v) is 5.76. The number of hydrogen-bond donors (Lipinski definition) is 3. The molecule has 1 saturated carbocycles. The van der Waals surface area contributed by atoms with E-state index >= 15 is 0 Å². The highest BCUT2D eigenvalue weighted by molar-refractivity contribution is 4.93. The molecule has 1 aliphatic rings. The number of aliphatic hydroxyl groups is 3. The summed E-state index contributed by atoms with van der Waals surface area (Å²) in [6.45, 7) is 5.51. The van der Waals surface area contributed by atoms with Crippen molar-refractivity contribution in [2.75, 3.05) is 0 Å². The van der Waals surface area contributed by atoms with Gasteiger partial charge in [-0.2, -0.15) is 0 Å². The molecule has 1 rings (SSSR count). The Hall–Kier alpha value is -0.380. The molecule has 15 heavy (non-hydrogen) atoms. The van der Waals surface area contributed by atoms with E-state index in [0.29, 0.717) is 19.3 Å². The first-order valence-electron chi connectivity index (χ1n) is 5.76. The van der Waals surface area contributed by atoms with Crippen LogP contribution < -0.4 is 0 Å². The first-order chi connectivity index (χ1) is 7.11. The summed E-state index contributed by atoms with van der Waals surface area (Å²) in [6, 6.07) is 0. The lowest BCUT2D eigenvalue weighted by Crippen LogP contribution is -2.36. The smallest absolute Gasteiger partial charge is 0.0630 e. The van der Waals surface area contributed by atoms with Gasteiger partial charge >= 0.3 is 0 Å². The van der Waals surface area contributed by atoms with Crippen molar-refractivity contribution in [2.45, 2.75) is 50.9 Å². The summed E-state index contributed by atoms with van der Waals surface area (Å²) in [5.41, 5.74) is 0. The molecule has 0 amide bonds. The Morgan fingerprint density at radius 3 is 2.53 bits per heavy atom. The Morgan fingerprint density at radius 2 is 2.00 bits per heavy atom. The molecule has 1 fully saturated rings. The van der Waals surface area contributed by atoms with E-state index in [9.17, 15) is 15.3 Å². The lowest BCUT2D eigenvalue weighted by molar-refractivity contribution is -0.0217. The molecule has 0 aromatic rings. The zero-order valence-electron chi connectivity index (χ0n) is 9.34. The highest BCUT2D eigenvalue weighted by Crippen LogP contribution is 2.38. The lowest BCUT2D eigenvalue weighted by Gasteiger charge is -2.29. The molecule has 3 N–H and O–H groups in total. The van der Waals surface area contributed by atoms with Gasteiger partial charge in [-0.3, -0.25) is 0 Å². The van der Waals surface area contributed by atoms with Crippen LogP contribution in [-0.2, 0) is 0 Å². The second kappa shape index (κ2) is 5.64. The van der Waals surface area contributed by atoms with Crippen LogP contribution in [0.1, 0.15) is 32.6 Å². The third-order valence-corrected chi connectivity index (χ3v) is 3.50. The molecule has 88 valence electrons. The maximum atomic E-state index is 9.89. The molecule has 3 heteroatoms. The highest BCUT2D eigenvalue weighted by Gasteiger charge is 2.41. The van der Waals surface area contributed by atoms with Crippen LogP contribution in [0.15, 0.2) is 12.7 Å². The van der Waals surface area contributed by atoms with E-state index < -0.39 is 18.3 Å². The summed E-state index contributed by atoms with van der Waals surface area (Å²) >= 11 is 0. The molecular weight excluding hydrogens is 192 g/mol. The standard InChI is InChI=1S/C12H22O3/c1-3-5-10(14)12-8(9(13)4-2)6-7-11(12)15/h3,8-15H,1,4-7H2,2H3/t8?,9-,10-,11-,12-/m1/s1. The zero-order chi connectivity index (χ0) is 11.4. The van der Waals surface area contributed by atoms with Crippen molar-refractivity contribution in [1.29, 1.82) is 0 Å². The Labute approximate surface area is 91.4 Å². The molecule has 1 aliphatic carbocycles. The topological polar surface area (TPSA) is 60.7 Å². The van der Waals surface area contributed by atoms with E-state index in [4.69, 9.17) is 0 Å². The van der Waals surface area contributed by atoms with Gasteiger partial charge in [0, 0.05) is 5.92 Å². The van der Waals surface area contributed by atoms with Crippen LogP contribution in [0.25, 0.3) is 0 Å². The molecule has 3 nitrogen and oxygen atoms in total. The Bertz CT molecular complexity index is 205. The zero-order valence-corrected chi connectivity index (χ0v) is 9.34. The van der Waals surface area contributed by atoms with Crippen molar-refractivity contribution in [3.8, 4) is 0 Å². The molecule has 0 bridgehead atoms. The predicted octanol–water partition coefficient (Wildman–Crippen LogP) is 1.08. The summed E-state index contributed by atoms with van der Waals surface area (Å²) in [4.78, 5) is 0. The van der Waals surface area contributed by atoms with E-state index in [2.05, 4.69) is 6.58 Å². The fourth-order valence-electron chi connectivity index (χ4n) is 2.65. The third-order valence-electron chi connectivity index (χ3n) is 3.50. The fraction of sp³-hybridized carbons (Fsp3) is 0.833. The number of hydrogen-bond acceptors (Lipinski definition) is 3. The molecule has 0 spiro atoms. The van der Waals surface area contributed by atoms with E-state index in [1.807, 2.05) is 6.92 Å². The molecule has 0 aromatic heterocycles. The largest absolute Gasteiger partial charge is 0.393 e. The van der Waals surface area contributed by atoms with Crippen LogP contribution >= 0.6 is 0 Å². The minimum atomic E-state index is -0.578. The van der Waals surface area contributed by atoms with Gasteiger partial charge in [-0.05, 0) is 31.6 Å². The van der Waals surface area contributed by atoms with Crippen molar-refractivity contribution < 1.29 is 15.3 Å². The van der Waals surface area contributed by atoms with Gasteiger partial charge < -0.3 is 15.3 Å². The van der Waals surface area contributed by atoms with Gasteiger partial charge in [0.2, 0.25) is 0 Å². The van der Waals surface area contributed by atoms with Crippen LogP contribution in [0.4, 0.5) is 0 Å². The summed E-state index contributed by atoms with van der Waals surface area (Å²) in [5.74, 6) is -0.169. The minimum absolute atomic E-state index is 0.0277. The first kappa shape index (κ1) is 12.7. The fourth-order valence-corrected chi connectivity index (χ4v) is 2.65. The average Bonchev–Trinajstić information content (AvgIpc) is 2.59. The molecule has 0 aromatic carbocycles. The van der Waals surface area contributed by atoms with Crippen LogP contribution in [0.5, 0.6) is 0 Å². The Kier molecular flexibility index (Phi) is 4.77. The van der Waals surface area contributed by atoms with Gasteiger partial charge in [-0.1, -0.05) is 13.0 Å². The molecular formula is C12H22O3. The van der Waals surface area contributed by atoms with Crippen LogP contribution in [-0.4, -0.2) is 33.6 Å². The number of rotatable bonds is 5. The third kappa shape index (κ3) is 2.80. The normalized spacial score (nSPS) is 35.1. The van der Waals surface area contributed by atoms with Crippen LogP contribution in [0.2, 0.25) is 0 Å². The van der Waals surface area contributed by atoms with Gasteiger partial charge in [-0.15, -0.1) is 6.58 Å². The SMILES string of the molecule is C=CC[C@@H](O)[C@H]1C([C@H](O)CC)CC[C@H]1O. The lowest BCUT2D eigenvalue weighted by atomic mass is 9.83. The van der Waals surface area contributed by atoms with E-state index in [1.54, 1.807) is 6.08 Å². The molecule has 0 saturated heterocycles. The second-order valence-electron chi connectivity index (χ2n) is 4.45. The maximum absolute atomic E-state index is 9.89. The minimum Gasteiger partial charge on any atom is -0.393 e. The van der Waals surface area contributed by atoms with Crippen LogP contribution in [0.3, 0.4) is 0 Å². The van der Waals surface area contributed by atoms with Gasteiger partial charge in [0.05, 0.1) is 18.3 Å². The summed E-state index contributed by atoms with van der Waals surface area (Å²) in [6.07, 6.45) is 2.83. The van der Waals surface area contributed by atoms with Crippen LogP contribution in [0, 0.1) is 11.8 Å². The van der Waals surface area contributed by atoms with E-state index in [0.717, 1.165) is 6.42 Å². The summed E-state index contributed by atoms with van der Waals surface area (Å²) in [7, 11) is 0.